The molecule has 0 bridgehead atoms. The summed E-state index contributed by atoms with van der Waals surface area (Å²) in [5, 5.41) is 8.85. The van der Waals surface area contributed by atoms with Crippen LogP contribution in [-0.2, 0) is 6.42 Å². The molecule has 0 aliphatic carbocycles. The number of primary amides is 1. The van der Waals surface area contributed by atoms with Crippen LogP contribution in [0.15, 0.2) is 42.5 Å². The lowest BCUT2D eigenvalue weighted by molar-refractivity contribution is 0.0998. The molecule has 5 N–H and O–H groups in total. The van der Waals surface area contributed by atoms with Crippen molar-refractivity contribution in [3.8, 4) is 11.5 Å². The molecule has 0 aliphatic rings. The number of carbonyl (C=O) groups is 1. The SMILES string of the molecule is NC(=O)c1cc(N)ccc1Oc1ccc(CCO)cc1. The summed E-state index contributed by atoms with van der Waals surface area (Å²) in [4.78, 5) is 11.4. The Kier molecular flexibility index (Phi) is 4.22. The predicted octanol–water partition coefficient (Wildman–Crippen LogP) is 1.69. The van der Waals surface area contributed by atoms with E-state index < -0.39 is 5.91 Å². The van der Waals surface area contributed by atoms with E-state index in [2.05, 4.69) is 0 Å². The van der Waals surface area contributed by atoms with Crippen molar-refractivity contribution >= 4 is 11.6 Å². The number of aliphatic hydroxyl groups excluding tert-OH is 1. The van der Waals surface area contributed by atoms with Crippen molar-refractivity contribution in [3.63, 3.8) is 0 Å². The topological polar surface area (TPSA) is 98.6 Å². The summed E-state index contributed by atoms with van der Waals surface area (Å²) in [5.74, 6) is 0.352. The number of amides is 1. The molecule has 2 aromatic rings. The van der Waals surface area contributed by atoms with Gasteiger partial charge in [0.2, 0.25) is 0 Å². The number of hydrogen-bond acceptors (Lipinski definition) is 4. The molecule has 0 unspecified atom stereocenters. The number of benzene rings is 2. The van der Waals surface area contributed by atoms with Crippen LogP contribution in [0.2, 0.25) is 0 Å². The van der Waals surface area contributed by atoms with Crippen LogP contribution in [0.3, 0.4) is 0 Å². The first-order chi connectivity index (χ1) is 9.60. The predicted molar refractivity (Wildman–Crippen MR) is 76.7 cm³/mol. The molecule has 0 atom stereocenters. The van der Waals surface area contributed by atoms with Gasteiger partial charge in [0, 0.05) is 12.3 Å². The van der Waals surface area contributed by atoms with E-state index >= 15 is 0 Å². The van der Waals surface area contributed by atoms with E-state index in [4.69, 9.17) is 21.3 Å². The highest BCUT2D eigenvalue weighted by Gasteiger charge is 2.10. The van der Waals surface area contributed by atoms with Gasteiger partial charge in [-0.05, 0) is 42.3 Å². The molecule has 0 radical (unpaired) electrons. The summed E-state index contributed by atoms with van der Waals surface area (Å²) >= 11 is 0. The second-order valence-electron chi connectivity index (χ2n) is 4.34. The van der Waals surface area contributed by atoms with Gasteiger partial charge >= 0.3 is 0 Å². The number of carbonyl (C=O) groups excluding carboxylic acids is 1. The molecule has 0 aliphatic heterocycles. The zero-order chi connectivity index (χ0) is 14.5. The number of ether oxygens (including phenoxy) is 1. The zero-order valence-electron chi connectivity index (χ0n) is 10.9. The van der Waals surface area contributed by atoms with Crippen LogP contribution in [0.5, 0.6) is 11.5 Å². The molecular formula is C15H16N2O3. The van der Waals surface area contributed by atoms with Gasteiger partial charge in [-0.1, -0.05) is 12.1 Å². The molecule has 0 saturated heterocycles. The summed E-state index contributed by atoms with van der Waals surface area (Å²) < 4.78 is 5.64. The number of nitrogens with two attached hydrogens (primary N) is 2. The van der Waals surface area contributed by atoms with Crippen molar-refractivity contribution < 1.29 is 14.6 Å². The molecule has 0 spiro atoms. The minimum Gasteiger partial charge on any atom is -0.457 e. The Labute approximate surface area is 116 Å². The maximum absolute atomic E-state index is 11.4. The smallest absolute Gasteiger partial charge is 0.252 e. The van der Waals surface area contributed by atoms with E-state index in [1.165, 1.54) is 6.07 Å². The monoisotopic (exact) mass is 272 g/mol. The van der Waals surface area contributed by atoms with Crippen molar-refractivity contribution in [2.24, 2.45) is 5.73 Å². The third-order valence-electron chi connectivity index (χ3n) is 2.82. The van der Waals surface area contributed by atoms with Crippen LogP contribution in [-0.4, -0.2) is 17.6 Å². The van der Waals surface area contributed by atoms with Crippen molar-refractivity contribution in [2.45, 2.75) is 6.42 Å². The fraction of sp³-hybridized carbons (Fsp3) is 0.133. The molecule has 2 rings (SSSR count). The van der Waals surface area contributed by atoms with Gasteiger partial charge in [-0.15, -0.1) is 0 Å². The lowest BCUT2D eigenvalue weighted by Crippen LogP contribution is -2.12. The standard InChI is InChI=1S/C15H16N2O3/c16-11-3-6-14(13(9-11)15(17)19)20-12-4-1-10(2-5-12)7-8-18/h1-6,9,18H,7-8,16H2,(H2,17,19). The Bertz CT molecular complexity index is 609. The number of aliphatic hydroxyl groups is 1. The number of hydrogen-bond donors (Lipinski definition) is 3. The summed E-state index contributed by atoms with van der Waals surface area (Å²) in [5.41, 5.74) is 12.6. The molecule has 5 heteroatoms. The summed E-state index contributed by atoms with van der Waals surface area (Å²) in [7, 11) is 0. The van der Waals surface area contributed by atoms with E-state index in [9.17, 15) is 4.79 Å². The van der Waals surface area contributed by atoms with Gasteiger partial charge < -0.3 is 21.3 Å². The molecule has 1 amide bonds. The fourth-order valence-electron chi connectivity index (χ4n) is 1.81. The van der Waals surface area contributed by atoms with Crippen molar-refractivity contribution in [3.05, 3.63) is 53.6 Å². The molecule has 0 fully saturated rings. The first kappa shape index (κ1) is 13.9. The van der Waals surface area contributed by atoms with E-state index in [0.29, 0.717) is 23.6 Å². The summed E-state index contributed by atoms with van der Waals surface area (Å²) in [6.45, 7) is 0.101. The quantitative estimate of drug-likeness (QED) is 0.721. The van der Waals surface area contributed by atoms with Crippen molar-refractivity contribution in [1.82, 2.24) is 0 Å². The second kappa shape index (κ2) is 6.08. The third kappa shape index (κ3) is 3.27. The van der Waals surface area contributed by atoms with Gasteiger partial charge in [-0.3, -0.25) is 4.79 Å². The van der Waals surface area contributed by atoms with Gasteiger partial charge in [0.25, 0.3) is 5.91 Å². The molecule has 2 aromatic carbocycles. The Morgan fingerprint density at radius 2 is 1.85 bits per heavy atom. The van der Waals surface area contributed by atoms with Crippen LogP contribution < -0.4 is 16.2 Å². The first-order valence-corrected chi connectivity index (χ1v) is 6.17. The fourth-order valence-corrected chi connectivity index (χ4v) is 1.81. The highest BCUT2D eigenvalue weighted by atomic mass is 16.5. The van der Waals surface area contributed by atoms with E-state index in [0.717, 1.165) is 5.56 Å². The van der Waals surface area contributed by atoms with Crippen molar-refractivity contribution in [2.75, 3.05) is 12.3 Å². The largest absolute Gasteiger partial charge is 0.457 e. The van der Waals surface area contributed by atoms with Crippen LogP contribution in [0.4, 0.5) is 5.69 Å². The molecule has 104 valence electrons. The van der Waals surface area contributed by atoms with E-state index in [-0.39, 0.29) is 12.2 Å². The van der Waals surface area contributed by atoms with Crippen LogP contribution >= 0.6 is 0 Å². The van der Waals surface area contributed by atoms with Gasteiger partial charge in [0.1, 0.15) is 11.5 Å². The molecular weight excluding hydrogens is 256 g/mol. The average Bonchev–Trinajstić information content (AvgIpc) is 2.43. The minimum absolute atomic E-state index is 0.101. The maximum atomic E-state index is 11.4. The Morgan fingerprint density at radius 1 is 1.15 bits per heavy atom. The summed E-state index contributed by atoms with van der Waals surface area (Å²) in [6, 6.07) is 12.0. The molecule has 0 aromatic heterocycles. The highest BCUT2D eigenvalue weighted by molar-refractivity contribution is 5.96. The zero-order valence-corrected chi connectivity index (χ0v) is 10.9. The first-order valence-electron chi connectivity index (χ1n) is 6.17. The Hall–Kier alpha value is -2.53. The summed E-state index contributed by atoms with van der Waals surface area (Å²) in [6.07, 6.45) is 0.592. The van der Waals surface area contributed by atoms with Gasteiger partial charge in [-0.25, -0.2) is 0 Å². The van der Waals surface area contributed by atoms with E-state index in [1.807, 2.05) is 12.1 Å². The van der Waals surface area contributed by atoms with Gasteiger partial charge in [0.05, 0.1) is 5.56 Å². The minimum atomic E-state index is -0.593. The highest BCUT2D eigenvalue weighted by Crippen LogP contribution is 2.27. The van der Waals surface area contributed by atoms with Gasteiger partial charge in [-0.2, -0.15) is 0 Å². The van der Waals surface area contributed by atoms with Gasteiger partial charge in [0.15, 0.2) is 0 Å². The number of nitrogen functional groups attached to an aromatic ring is 1. The average molecular weight is 272 g/mol. The normalized spacial score (nSPS) is 10.2. The third-order valence-corrected chi connectivity index (χ3v) is 2.82. The maximum Gasteiger partial charge on any atom is 0.252 e. The van der Waals surface area contributed by atoms with E-state index in [1.54, 1.807) is 24.3 Å². The Morgan fingerprint density at radius 3 is 2.45 bits per heavy atom. The second-order valence-corrected chi connectivity index (χ2v) is 4.34. The molecule has 5 nitrogen and oxygen atoms in total. The van der Waals surface area contributed by atoms with Crippen LogP contribution in [0.25, 0.3) is 0 Å². The molecule has 20 heavy (non-hydrogen) atoms. The molecule has 0 heterocycles. The lowest BCUT2D eigenvalue weighted by atomic mass is 10.1. The molecule has 0 saturated carbocycles. The number of anilines is 1. The van der Waals surface area contributed by atoms with Crippen molar-refractivity contribution in [1.29, 1.82) is 0 Å². The van der Waals surface area contributed by atoms with Crippen LogP contribution in [0, 0.1) is 0 Å². The lowest BCUT2D eigenvalue weighted by Gasteiger charge is -2.10. The number of rotatable bonds is 5. The Balaban J connectivity index is 2.23. The van der Waals surface area contributed by atoms with Crippen LogP contribution in [0.1, 0.15) is 15.9 Å².